The summed E-state index contributed by atoms with van der Waals surface area (Å²) in [6.45, 7) is 9.84. The molecule has 3 nitrogen and oxygen atoms in total. The van der Waals surface area contributed by atoms with Gasteiger partial charge in [0.05, 0.1) is 0 Å². The maximum absolute atomic E-state index is 11.9. The second kappa shape index (κ2) is 6.00. The SMILES string of the molecule is CC(C)Cc1ccc(C(=O)/C=C(\O)C(C)(C)C)nc1. The van der Waals surface area contributed by atoms with Crippen molar-refractivity contribution in [1.82, 2.24) is 4.98 Å². The molecule has 0 bridgehead atoms. The van der Waals surface area contributed by atoms with Gasteiger partial charge >= 0.3 is 0 Å². The van der Waals surface area contributed by atoms with Crippen LogP contribution in [-0.2, 0) is 6.42 Å². The molecule has 0 spiro atoms. The smallest absolute Gasteiger partial charge is 0.207 e. The van der Waals surface area contributed by atoms with Crippen LogP contribution in [0.5, 0.6) is 0 Å². The Morgan fingerprint density at radius 1 is 1.37 bits per heavy atom. The van der Waals surface area contributed by atoms with Crippen molar-refractivity contribution in [1.29, 1.82) is 0 Å². The van der Waals surface area contributed by atoms with E-state index in [1.807, 2.05) is 26.8 Å². The van der Waals surface area contributed by atoms with Gasteiger partial charge in [0.2, 0.25) is 5.78 Å². The fraction of sp³-hybridized carbons (Fsp3) is 0.500. The molecule has 1 N–H and O–H groups in total. The van der Waals surface area contributed by atoms with Crippen LogP contribution in [0.25, 0.3) is 0 Å². The molecule has 104 valence electrons. The molecule has 0 aliphatic heterocycles. The summed E-state index contributed by atoms with van der Waals surface area (Å²) in [5, 5.41) is 9.80. The number of rotatable bonds is 4. The summed E-state index contributed by atoms with van der Waals surface area (Å²) >= 11 is 0. The van der Waals surface area contributed by atoms with Crippen LogP contribution in [0.15, 0.2) is 30.2 Å². The Balaban J connectivity index is 2.84. The number of carbonyl (C=O) groups is 1. The predicted molar refractivity (Wildman–Crippen MR) is 77.3 cm³/mol. The number of hydrogen-bond donors (Lipinski definition) is 1. The monoisotopic (exact) mass is 261 g/mol. The zero-order valence-electron chi connectivity index (χ0n) is 12.4. The van der Waals surface area contributed by atoms with Gasteiger partial charge in [0.1, 0.15) is 11.5 Å². The summed E-state index contributed by atoms with van der Waals surface area (Å²) in [5.41, 5.74) is 1.06. The van der Waals surface area contributed by atoms with Crippen LogP contribution in [0.3, 0.4) is 0 Å². The van der Waals surface area contributed by atoms with E-state index in [1.165, 1.54) is 6.08 Å². The standard InChI is InChI=1S/C16H23NO2/c1-11(2)8-12-6-7-13(17-10-12)14(18)9-15(19)16(3,4)5/h6-7,9-11,19H,8H2,1-5H3/b15-9-. The number of pyridine rings is 1. The minimum atomic E-state index is -0.423. The van der Waals surface area contributed by atoms with E-state index in [-0.39, 0.29) is 11.5 Å². The van der Waals surface area contributed by atoms with Crippen molar-refractivity contribution in [3.63, 3.8) is 0 Å². The highest BCUT2D eigenvalue weighted by molar-refractivity contribution is 6.03. The zero-order chi connectivity index (χ0) is 14.6. The molecule has 0 aliphatic carbocycles. The maximum Gasteiger partial charge on any atom is 0.207 e. The second-order valence-corrected chi connectivity index (χ2v) is 6.29. The zero-order valence-corrected chi connectivity index (χ0v) is 12.4. The number of aliphatic hydroxyl groups is 1. The second-order valence-electron chi connectivity index (χ2n) is 6.29. The Labute approximate surface area is 115 Å². The van der Waals surface area contributed by atoms with E-state index in [9.17, 15) is 9.90 Å². The van der Waals surface area contributed by atoms with Gasteiger partial charge in [-0.25, -0.2) is 0 Å². The van der Waals surface area contributed by atoms with Gasteiger partial charge in [0.15, 0.2) is 0 Å². The van der Waals surface area contributed by atoms with Gasteiger partial charge in [-0.2, -0.15) is 0 Å². The van der Waals surface area contributed by atoms with Gasteiger partial charge in [0, 0.05) is 17.7 Å². The minimum Gasteiger partial charge on any atom is -0.512 e. The molecular weight excluding hydrogens is 238 g/mol. The van der Waals surface area contributed by atoms with Crippen molar-refractivity contribution in [3.8, 4) is 0 Å². The first-order valence-electron chi connectivity index (χ1n) is 6.60. The molecule has 1 aromatic heterocycles. The lowest BCUT2D eigenvalue weighted by molar-refractivity contribution is 0.103. The lowest BCUT2D eigenvalue weighted by atomic mass is 9.93. The van der Waals surface area contributed by atoms with E-state index in [2.05, 4.69) is 18.8 Å². The highest BCUT2D eigenvalue weighted by atomic mass is 16.3. The third kappa shape index (κ3) is 4.86. The Bertz CT molecular complexity index is 465. The minimum absolute atomic E-state index is 0.0746. The van der Waals surface area contributed by atoms with Crippen molar-refractivity contribution < 1.29 is 9.90 Å². The van der Waals surface area contributed by atoms with Crippen LogP contribution in [0.4, 0.5) is 0 Å². The van der Waals surface area contributed by atoms with E-state index in [4.69, 9.17) is 0 Å². The van der Waals surface area contributed by atoms with E-state index in [1.54, 1.807) is 12.3 Å². The van der Waals surface area contributed by atoms with Crippen LogP contribution in [0, 0.1) is 11.3 Å². The highest BCUT2D eigenvalue weighted by Crippen LogP contribution is 2.22. The third-order valence-corrected chi connectivity index (χ3v) is 2.76. The molecule has 0 unspecified atom stereocenters. The van der Waals surface area contributed by atoms with Crippen molar-refractivity contribution in [2.24, 2.45) is 11.3 Å². The van der Waals surface area contributed by atoms with E-state index < -0.39 is 5.41 Å². The molecule has 0 aliphatic rings. The molecule has 0 amide bonds. The van der Waals surface area contributed by atoms with Gasteiger partial charge in [-0.1, -0.05) is 40.7 Å². The van der Waals surface area contributed by atoms with Crippen LogP contribution in [0.2, 0.25) is 0 Å². The van der Waals surface area contributed by atoms with Gasteiger partial charge in [-0.3, -0.25) is 9.78 Å². The van der Waals surface area contributed by atoms with Crippen molar-refractivity contribution >= 4 is 5.78 Å². The molecule has 0 aromatic carbocycles. The highest BCUT2D eigenvalue weighted by Gasteiger charge is 2.18. The fourth-order valence-corrected chi connectivity index (χ4v) is 1.58. The van der Waals surface area contributed by atoms with Gasteiger partial charge < -0.3 is 5.11 Å². The number of nitrogens with zero attached hydrogens (tertiary/aromatic N) is 1. The fourth-order valence-electron chi connectivity index (χ4n) is 1.58. The maximum atomic E-state index is 11.9. The Kier molecular flexibility index (Phi) is 4.87. The summed E-state index contributed by atoms with van der Waals surface area (Å²) in [7, 11) is 0. The molecule has 1 aromatic rings. The van der Waals surface area contributed by atoms with Crippen LogP contribution >= 0.6 is 0 Å². The Morgan fingerprint density at radius 2 is 2.00 bits per heavy atom. The van der Waals surface area contributed by atoms with Gasteiger partial charge in [-0.05, 0) is 24.0 Å². The largest absolute Gasteiger partial charge is 0.512 e. The number of aromatic nitrogens is 1. The normalized spacial score (nSPS) is 12.8. The average molecular weight is 261 g/mol. The van der Waals surface area contributed by atoms with E-state index in [0.717, 1.165) is 12.0 Å². The molecule has 0 radical (unpaired) electrons. The lowest BCUT2D eigenvalue weighted by Crippen LogP contribution is -2.11. The van der Waals surface area contributed by atoms with E-state index >= 15 is 0 Å². The summed E-state index contributed by atoms with van der Waals surface area (Å²) in [6, 6.07) is 3.63. The number of hydrogen-bond acceptors (Lipinski definition) is 3. The molecule has 1 heterocycles. The quantitative estimate of drug-likeness (QED) is 0.507. The number of allylic oxidation sites excluding steroid dienone is 2. The third-order valence-electron chi connectivity index (χ3n) is 2.76. The first-order chi connectivity index (χ1) is 8.70. The first kappa shape index (κ1) is 15.4. The molecule has 0 atom stereocenters. The Morgan fingerprint density at radius 3 is 2.42 bits per heavy atom. The van der Waals surface area contributed by atoms with Gasteiger partial charge in [0.25, 0.3) is 0 Å². The van der Waals surface area contributed by atoms with Crippen molar-refractivity contribution in [3.05, 3.63) is 41.4 Å². The molecule has 3 heteroatoms. The Hall–Kier alpha value is -1.64. The summed E-state index contributed by atoms with van der Waals surface area (Å²) < 4.78 is 0. The molecule has 1 rings (SSSR count). The number of carbonyl (C=O) groups excluding carboxylic acids is 1. The number of ketones is 1. The summed E-state index contributed by atoms with van der Waals surface area (Å²) in [5.74, 6) is 0.377. The van der Waals surface area contributed by atoms with Crippen LogP contribution in [0.1, 0.15) is 50.7 Å². The van der Waals surface area contributed by atoms with E-state index in [0.29, 0.717) is 11.6 Å². The molecular formula is C16H23NO2. The predicted octanol–water partition coefficient (Wildman–Crippen LogP) is 3.95. The van der Waals surface area contributed by atoms with Crippen LogP contribution < -0.4 is 0 Å². The first-order valence-corrected chi connectivity index (χ1v) is 6.60. The molecule has 0 saturated heterocycles. The van der Waals surface area contributed by atoms with Gasteiger partial charge in [-0.15, -0.1) is 0 Å². The van der Waals surface area contributed by atoms with Crippen LogP contribution in [-0.4, -0.2) is 15.9 Å². The summed E-state index contributed by atoms with van der Waals surface area (Å²) in [6.07, 6.45) is 3.93. The lowest BCUT2D eigenvalue weighted by Gasteiger charge is -2.16. The number of aliphatic hydroxyl groups excluding tert-OH is 1. The topological polar surface area (TPSA) is 50.2 Å². The molecule has 0 saturated carbocycles. The molecule has 0 fully saturated rings. The molecule has 19 heavy (non-hydrogen) atoms. The average Bonchev–Trinajstić information content (AvgIpc) is 2.27. The van der Waals surface area contributed by atoms with Crippen molar-refractivity contribution in [2.75, 3.05) is 0 Å². The van der Waals surface area contributed by atoms with Crippen molar-refractivity contribution in [2.45, 2.75) is 41.0 Å². The summed E-state index contributed by atoms with van der Waals surface area (Å²) in [4.78, 5) is 16.1.